The van der Waals surface area contributed by atoms with Gasteiger partial charge in [-0.3, -0.25) is 4.72 Å². The molecule has 1 aromatic carbocycles. The van der Waals surface area contributed by atoms with Crippen molar-refractivity contribution < 1.29 is 18.3 Å². The molecule has 9 heteroatoms. The van der Waals surface area contributed by atoms with E-state index in [1.54, 1.807) is 6.92 Å². The molecule has 1 aromatic heterocycles. The number of benzene rings is 1. The van der Waals surface area contributed by atoms with Crippen molar-refractivity contribution in [3.63, 3.8) is 0 Å². The molecule has 1 heterocycles. The van der Waals surface area contributed by atoms with Crippen molar-refractivity contribution >= 4 is 60.5 Å². The normalized spacial score (nSPS) is 11.4. The molecular formula is C12H9BrClNO4S2. The Morgan fingerprint density at radius 1 is 1.38 bits per heavy atom. The van der Waals surface area contributed by atoms with Gasteiger partial charge in [0.2, 0.25) is 0 Å². The van der Waals surface area contributed by atoms with E-state index in [0.29, 0.717) is 14.4 Å². The molecule has 21 heavy (non-hydrogen) atoms. The first kappa shape index (κ1) is 16.3. The summed E-state index contributed by atoms with van der Waals surface area (Å²) in [7, 11) is -3.79. The highest BCUT2D eigenvalue weighted by Crippen LogP contribution is 2.31. The molecule has 0 fully saturated rings. The third-order valence-corrected chi connectivity index (χ3v) is 6.65. The van der Waals surface area contributed by atoms with Crippen molar-refractivity contribution in [2.24, 2.45) is 0 Å². The van der Waals surface area contributed by atoms with Gasteiger partial charge in [-0.2, -0.15) is 0 Å². The largest absolute Gasteiger partial charge is 0.478 e. The van der Waals surface area contributed by atoms with Crippen molar-refractivity contribution in [1.82, 2.24) is 0 Å². The fraction of sp³-hybridized carbons (Fsp3) is 0.0833. The second-order valence-corrected chi connectivity index (χ2v) is 8.55. The minimum absolute atomic E-state index is 0.0319. The predicted octanol–water partition coefficient (Wildman–Crippen LogP) is 3.97. The molecule has 2 rings (SSSR count). The quantitative estimate of drug-likeness (QED) is 0.799. The molecule has 2 aromatic rings. The van der Waals surface area contributed by atoms with E-state index in [0.717, 1.165) is 11.3 Å². The van der Waals surface area contributed by atoms with Gasteiger partial charge in [-0.1, -0.05) is 11.6 Å². The molecule has 2 N–H and O–H groups in total. The molecule has 0 bridgehead atoms. The van der Waals surface area contributed by atoms with Crippen LogP contribution in [0.3, 0.4) is 0 Å². The number of carboxylic acid groups (broad SMARTS) is 1. The molecule has 5 nitrogen and oxygen atoms in total. The average molecular weight is 411 g/mol. The first-order valence-corrected chi connectivity index (χ1v) is 8.99. The number of sulfonamides is 1. The third-order valence-electron chi connectivity index (χ3n) is 2.55. The minimum Gasteiger partial charge on any atom is -0.478 e. The number of hydrogen-bond acceptors (Lipinski definition) is 4. The van der Waals surface area contributed by atoms with Gasteiger partial charge in [-0.15, -0.1) is 11.3 Å². The monoisotopic (exact) mass is 409 g/mol. The van der Waals surface area contributed by atoms with Gasteiger partial charge in [0.25, 0.3) is 10.0 Å². The van der Waals surface area contributed by atoms with Gasteiger partial charge in [0.05, 0.1) is 9.90 Å². The Morgan fingerprint density at radius 2 is 2.05 bits per heavy atom. The Labute approximate surface area is 138 Å². The smallest absolute Gasteiger partial charge is 0.336 e. The van der Waals surface area contributed by atoms with Gasteiger partial charge in [-0.05, 0) is 52.7 Å². The number of hydrogen-bond donors (Lipinski definition) is 2. The van der Waals surface area contributed by atoms with Gasteiger partial charge in [-0.25, -0.2) is 13.2 Å². The Hall–Kier alpha value is -1.09. The fourth-order valence-corrected chi connectivity index (χ4v) is 4.70. The van der Waals surface area contributed by atoms with Crippen LogP contribution in [0, 0.1) is 6.92 Å². The first-order valence-electron chi connectivity index (χ1n) is 5.52. The molecule has 0 spiro atoms. The molecule has 0 unspecified atom stereocenters. The number of nitrogens with one attached hydrogen (secondary N) is 1. The van der Waals surface area contributed by atoms with E-state index < -0.39 is 16.0 Å². The van der Waals surface area contributed by atoms with Crippen LogP contribution in [0.25, 0.3) is 0 Å². The summed E-state index contributed by atoms with van der Waals surface area (Å²) in [6, 6.07) is 5.64. The molecule has 0 radical (unpaired) electrons. The standard InChI is InChI=1S/C12H9BrClNO4S2/c1-6-4-10(20-11(6)14)21(18,19)15-7-2-3-9(13)8(5-7)12(16)17/h2-5,15H,1H3,(H,16,17). The summed E-state index contributed by atoms with van der Waals surface area (Å²) in [6.07, 6.45) is 0. The van der Waals surface area contributed by atoms with Gasteiger partial charge in [0.15, 0.2) is 0 Å². The number of carboxylic acids is 1. The number of thiophene rings is 1. The maximum absolute atomic E-state index is 12.2. The Kier molecular flexibility index (Phi) is 4.62. The fourth-order valence-electron chi connectivity index (χ4n) is 1.52. The van der Waals surface area contributed by atoms with Crippen LogP contribution in [0.2, 0.25) is 4.34 Å². The SMILES string of the molecule is Cc1cc(S(=O)(=O)Nc2ccc(Br)c(C(=O)O)c2)sc1Cl. The van der Waals surface area contributed by atoms with Crippen LogP contribution in [-0.4, -0.2) is 19.5 Å². The minimum atomic E-state index is -3.79. The molecule has 0 atom stereocenters. The summed E-state index contributed by atoms with van der Waals surface area (Å²) in [4.78, 5) is 11.0. The highest BCUT2D eigenvalue weighted by molar-refractivity contribution is 9.10. The van der Waals surface area contributed by atoms with Crippen molar-refractivity contribution in [3.05, 3.63) is 44.2 Å². The third kappa shape index (κ3) is 3.57. The van der Waals surface area contributed by atoms with Crippen LogP contribution in [0.15, 0.2) is 32.9 Å². The summed E-state index contributed by atoms with van der Waals surface area (Å²) in [5.41, 5.74) is 0.803. The van der Waals surface area contributed by atoms with Crippen LogP contribution in [0.5, 0.6) is 0 Å². The lowest BCUT2D eigenvalue weighted by Gasteiger charge is -2.08. The second kappa shape index (κ2) is 5.96. The van der Waals surface area contributed by atoms with Gasteiger partial charge in [0.1, 0.15) is 4.21 Å². The summed E-state index contributed by atoms with van der Waals surface area (Å²) in [5, 5.41) is 9.02. The van der Waals surface area contributed by atoms with Crippen LogP contribution in [0.1, 0.15) is 15.9 Å². The summed E-state index contributed by atoms with van der Waals surface area (Å²) < 4.78 is 27.6. The van der Waals surface area contributed by atoms with Crippen molar-refractivity contribution in [1.29, 1.82) is 0 Å². The van der Waals surface area contributed by atoms with Gasteiger partial charge < -0.3 is 5.11 Å². The van der Waals surface area contributed by atoms with E-state index in [9.17, 15) is 13.2 Å². The lowest BCUT2D eigenvalue weighted by molar-refractivity contribution is 0.0696. The van der Waals surface area contributed by atoms with Gasteiger partial charge in [0, 0.05) is 10.2 Å². The molecule has 0 amide bonds. The molecule has 112 valence electrons. The second-order valence-electron chi connectivity index (χ2n) is 4.13. The van der Waals surface area contributed by atoms with Crippen LogP contribution >= 0.6 is 38.9 Å². The number of aromatic carboxylic acids is 1. The number of aryl methyl sites for hydroxylation is 1. The van der Waals surface area contributed by atoms with E-state index in [2.05, 4.69) is 20.7 Å². The predicted molar refractivity (Wildman–Crippen MR) is 86.0 cm³/mol. The lowest BCUT2D eigenvalue weighted by Crippen LogP contribution is -2.12. The lowest BCUT2D eigenvalue weighted by atomic mass is 10.2. The maximum Gasteiger partial charge on any atom is 0.336 e. The van der Waals surface area contributed by atoms with Crippen LogP contribution in [0.4, 0.5) is 5.69 Å². The highest BCUT2D eigenvalue weighted by atomic mass is 79.9. The topological polar surface area (TPSA) is 83.5 Å². The molecular weight excluding hydrogens is 402 g/mol. The van der Waals surface area contributed by atoms with E-state index in [-0.39, 0.29) is 15.5 Å². The molecule has 0 aliphatic heterocycles. The van der Waals surface area contributed by atoms with E-state index in [1.165, 1.54) is 24.3 Å². The number of halogens is 2. The summed E-state index contributed by atoms with van der Waals surface area (Å²) in [6.45, 7) is 1.71. The summed E-state index contributed by atoms with van der Waals surface area (Å²) in [5.74, 6) is -1.15. The molecule has 0 saturated carbocycles. The molecule has 0 aliphatic rings. The van der Waals surface area contributed by atoms with Crippen molar-refractivity contribution in [2.45, 2.75) is 11.1 Å². The molecule has 0 aliphatic carbocycles. The maximum atomic E-state index is 12.2. The zero-order valence-corrected chi connectivity index (χ0v) is 14.5. The van der Waals surface area contributed by atoms with Crippen molar-refractivity contribution in [3.8, 4) is 0 Å². The van der Waals surface area contributed by atoms with Crippen LogP contribution < -0.4 is 4.72 Å². The van der Waals surface area contributed by atoms with Gasteiger partial charge >= 0.3 is 5.97 Å². The van der Waals surface area contributed by atoms with E-state index in [1.807, 2.05) is 0 Å². The Morgan fingerprint density at radius 3 is 2.57 bits per heavy atom. The Bertz CT molecular complexity index is 797. The summed E-state index contributed by atoms with van der Waals surface area (Å²) >= 11 is 9.91. The number of rotatable bonds is 4. The van der Waals surface area contributed by atoms with Crippen molar-refractivity contribution in [2.75, 3.05) is 4.72 Å². The molecule has 0 saturated heterocycles. The highest BCUT2D eigenvalue weighted by Gasteiger charge is 2.19. The first-order chi connectivity index (χ1) is 9.70. The number of anilines is 1. The average Bonchev–Trinajstić information content (AvgIpc) is 2.72. The van der Waals surface area contributed by atoms with Crippen LogP contribution in [-0.2, 0) is 10.0 Å². The Balaban J connectivity index is 2.37. The zero-order chi connectivity index (χ0) is 15.8. The zero-order valence-electron chi connectivity index (χ0n) is 10.6. The van der Waals surface area contributed by atoms with E-state index >= 15 is 0 Å². The van der Waals surface area contributed by atoms with E-state index in [4.69, 9.17) is 16.7 Å². The number of carbonyl (C=O) groups is 1.